The first kappa shape index (κ1) is 15.9. The van der Waals surface area contributed by atoms with Crippen LogP contribution >= 0.6 is 27.3 Å². The Morgan fingerprint density at radius 2 is 1.95 bits per heavy atom. The highest BCUT2D eigenvalue weighted by Crippen LogP contribution is 2.24. The number of aryl methyl sites for hydroxylation is 3. The summed E-state index contributed by atoms with van der Waals surface area (Å²) < 4.78 is 0. The molecule has 6 heteroatoms. The summed E-state index contributed by atoms with van der Waals surface area (Å²) >= 11 is 4.34. The van der Waals surface area contributed by atoms with Crippen LogP contribution in [0.25, 0.3) is 0 Å². The lowest BCUT2D eigenvalue weighted by atomic mass is 10.1. The van der Waals surface area contributed by atoms with Crippen molar-refractivity contribution in [1.29, 1.82) is 0 Å². The number of benzene rings is 1. The van der Waals surface area contributed by atoms with E-state index in [2.05, 4.69) is 26.2 Å². The van der Waals surface area contributed by atoms with Crippen LogP contribution in [0.3, 0.4) is 0 Å². The number of nitrogens with zero attached hydrogens (tertiary/aromatic N) is 1. The first-order valence-corrected chi connectivity index (χ1v) is 8.31. The van der Waals surface area contributed by atoms with E-state index in [0.29, 0.717) is 21.3 Å². The molecule has 1 aromatic heterocycles. The molecular formula is C15H15BrN2O2S. The fourth-order valence-electron chi connectivity index (χ4n) is 1.82. The van der Waals surface area contributed by atoms with Crippen LogP contribution in [0.1, 0.15) is 36.9 Å². The molecule has 110 valence electrons. The second-order valence-corrected chi connectivity index (χ2v) is 6.30. The van der Waals surface area contributed by atoms with Gasteiger partial charge in [-0.25, -0.2) is 4.98 Å². The zero-order chi connectivity index (χ0) is 15.6. The standard InChI is InChI=1S/C15H15BrN2O2S/c1-8-4-5-11(6-9(8)2)14(20)18-15-17-10(3)13(21-15)12(19)7-16/h4-6H,7H2,1-3H3,(H,17,18,20). The molecule has 2 rings (SSSR count). The van der Waals surface area contributed by atoms with Crippen molar-refractivity contribution < 1.29 is 9.59 Å². The summed E-state index contributed by atoms with van der Waals surface area (Å²) in [5, 5.41) is 3.44. The second-order valence-electron chi connectivity index (χ2n) is 4.74. The van der Waals surface area contributed by atoms with Gasteiger partial charge >= 0.3 is 0 Å². The Labute approximate surface area is 135 Å². The minimum absolute atomic E-state index is 0.0309. The van der Waals surface area contributed by atoms with Crippen molar-refractivity contribution in [1.82, 2.24) is 4.98 Å². The van der Waals surface area contributed by atoms with Crippen molar-refractivity contribution in [2.45, 2.75) is 20.8 Å². The topological polar surface area (TPSA) is 59.1 Å². The molecule has 0 bridgehead atoms. The van der Waals surface area contributed by atoms with Crippen LogP contribution in [-0.4, -0.2) is 22.0 Å². The largest absolute Gasteiger partial charge is 0.298 e. The van der Waals surface area contributed by atoms with Gasteiger partial charge in [-0.1, -0.05) is 33.3 Å². The Bertz CT molecular complexity index is 710. The minimum atomic E-state index is -0.218. The summed E-state index contributed by atoms with van der Waals surface area (Å²) in [6, 6.07) is 5.54. The Morgan fingerprint density at radius 3 is 2.57 bits per heavy atom. The number of hydrogen-bond acceptors (Lipinski definition) is 4. The Hall–Kier alpha value is -1.53. The van der Waals surface area contributed by atoms with Crippen molar-refractivity contribution in [3.05, 3.63) is 45.5 Å². The summed E-state index contributed by atoms with van der Waals surface area (Å²) in [5.41, 5.74) is 3.43. The summed E-state index contributed by atoms with van der Waals surface area (Å²) in [4.78, 5) is 28.7. The predicted octanol–water partition coefficient (Wildman–Crippen LogP) is 3.90. The third kappa shape index (κ3) is 3.57. The number of alkyl halides is 1. The van der Waals surface area contributed by atoms with Gasteiger partial charge in [0.15, 0.2) is 10.9 Å². The fourth-order valence-corrected chi connectivity index (χ4v) is 3.19. The molecule has 0 saturated carbocycles. The third-order valence-corrected chi connectivity index (χ3v) is 4.78. The molecule has 1 aromatic carbocycles. The highest BCUT2D eigenvalue weighted by Gasteiger charge is 2.16. The maximum Gasteiger partial charge on any atom is 0.257 e. The van der Waals surface area contributed by atoms with Gasteiger partial charge in [0, 0.05) is 5.56 Å². The van der Waals surface area contributed by atoms with E-state index >= 15 is 0 Å². The van der Waals surface area contributed by atoms with E-state index in [-0.39, 0.29) is 17.0 Å². The summed E-state index contributed by atoms with van der Waals surface area (Å²) in [6.45, 7) is 5.73. The summed E-state index contributed by atoms with van der Waals surface area (Å²) in [5.74, 6) is -0.249. The number of carbonyl (C=O) groups excluding carboxylic acids is 2. The first-order chi connectivity index (χ1) is 9.92. The van der Waals surface area contributed by atoms with Gasteiger partial charge in [0.25, 0.3) is 5.91 Å². The fraction of sp³-hybridized carbons (Fsp3) is 0.267. The van der Waals surface area contributed by atoms with Crippen molar-refractivity contribution in [2.75, 3.05) is 10.6 Å². The quantitative estimate of drug-likeness (QED) is 0.659. The number of Topliss-reactive ketones (excluding diaryl/α,β-unsaturated/α-hetero) is 1. The molecule has 0 unspecified atom stereocenters. The van der Waals surface area contributed by atoms with Crippen molar-refractivity contribution in [2.24, 2.45) is 0 Å². The van der Waals surface area contributed by atoms with E-state index in [1.165, 1.54) is 11.3 Å². The number of thiazole rings is 1. The van der Waals surface area contributed by atoms with Crippen LogP contribution in [0.5, 0.6) is 0 Å². The normalized spacial score (nSPS) is 10.5. The molecule has 0 spiro atoms. The molecule has 0 saturated heterocycles. The number of hydrogen-bond donors (Lipinski definition) is 1. The minimum Gasteiger partial charge on any atom is -0.298 e. The van der Waals surface area contributed by atoms with E-state index in [0.717, 1.165) is 11.1 Å². The van der Waals surface area contributed by atoms with E-state index in [9.17, 15) is 9.59 Å². The van der Waals surface area contributed by atoms with Gasteiger partial charge in [-0.2, -0.15) is 0 Å². The molecule has 0 radical (unpaired) electrons. The van der Waals surface area contributed by atoms with Crippen LogP contribution in [-0.2, 0) is 0 Å². The molecule has 2 aromatic rings. The molecule has 21 heavy (non-hydrogen) atoms. The number of halogens is 1. The third-order valence-electron chi connectivity index (χ3n) is 3.16. The number of carbonyl (C=O) groups is 2. The number of nitrogens with one attached hydrogen (secondary N) is 1. The average Bonchev–Trinajstić information content (AvgIpc) is 2.81. The van der Waals surface area contributed by atoms with Crippen LogP contribution in [0.4, 0.5) is 5.13 Å². The van der Waals surface area contributed by atoms with Gasteiger partial charge in [-0.05, 0) is 44.0 Å². The zero-order valence-corrected chi connectivity index (χ0v) is 14.4. The molecule has 0 fully saturated rings. The Balaban J connectivity index is 2.19. The van der Waals surface area contributed by atoms with Gasteiger partial charge in [0.2, 0.25) is 0 Å². The number of aromatic nitrogens is 1. The van der Waals surface area contributed by atoms with Gasteiger partial charge in [0.05, 0.1) is 15.9 Å². The molecule has 1 amide bonds. The van der Waals surface area contributed by atoms with Gasteiger partial charge in [-0.3, -0.25) is 14.9 Å². The smallest absolute Gasteiger partial charge is 0.257 e. The monoisotopic (exact) mass is 366 g/mol. The molecule has 0 atom stereocenters. The summed E-state index contributed by atoms with van der Waals surface area (Å²) in [7, 11) is 0. The maximum atomic E-state index is 12.2. The first-order valence-electron chi connectivity index (χ1n) is 6.37. The van der Waals surface area contributed by atoms with E-state index < -0.39 is 0 Å². The SMILES string of the molecule is Cc1ccc(C(=O)Nc2nc(C)c(C(=O)CBr)s2)cc1C. The van der Waals surface area contributed by atoms with Crippen LogP contribution in [0.15, 0.2) is 18.2 Å². The van der Waals surface area contributed by atoms with E-state index in [4.69, 9.17) is 0 Å². The number of ketones is 1. The van der Waals surface area contributed by atoms with Crippen LogP contribution in [0.2, 0.25) is 0 Å². The second kappa shape index (κ2) is 6.49. The molecule has 0 aliphatic carbocycles. The Morgan fingerprint density at radius 1 is 1.24 bits per heavy atom. The van der Waals surface area contributed by atoms with Gasteiger partial charge in [0.1, 0.15) is 0 Å². The summed E-state index contributed by atoms with van der Waals surface area (Å²) in [6.07, 6.45) is 0. The van der Waals surface area contributed by atoms with Crippen LogP contribution in [0, 0.1) is 20.8 Å². The molecule has 0 aliphatic rings. The highest BCUT2D eigenvalue weighted by atomic mass is 79.9. The molecule has 1 heterocycles. The molecular weight excluding hydrogens is 352 g/mol. The lowest BCUT2D eigenvalue weighted by Gasteiger charge is -2.04. The lowest BCUT2D eigenvalue weighted by molar-refractivity contribution is 0.101. The van der Waals surface area contributed by atoms with Gasteiger partial charge in [-0.15, -0.1) is 0 Å². The van der Waals surface area contributed by atoms with E-state index in [1.54, 1.807) is 13.0 Å². The lowest BCUT2D eigenvalue weighted by Crippen LogP contribution is -2.12. The predicted molar refractivity (Wildman–Crippen MR) is 88.8 cm³/mol. The Kier molecular flexibility index (Phi) is 4.90. The maximum absolute atomic E-state index is 12.2. The zero-order valence-electron chi connectivity index (χ0n) is 12.0. The van der Waals surface area contributed by atoms with Crippen LogP contribution < -0.4 is 5.32 Å². The van der Waals surface area contributed by atoms with Crippen molar-refractivity contribution >= 4 is 44.1 Å². The van der Waals surface area contributed by atoms with Crippen molar-refractivity contribution in [3.63, 3.8) is 0 Å². The molecule has 1 N–H and O–H groups in total. The number of rotatable bonds is 4. The number of anilines is 1. The highest BCUT2D eigenvalue weighted by molar-refractivity contribution is 9.09. The van der Waals surface area contributed by atoms with E-state index in [1.807, 2.05) is 26.0 Å². The van der Waals surface area contributed by atoms with Crippen molar-refractivity contribution in [3.8, 4) is 0 Å². The van der Waals surface area contributed by atoms with Gasteiger partial charge < -0.3 is 0 Å². The average molecular weight is 367 g/mol. The molecule has 4 nitrogen and oxygen atoms in total. The number of amides is 1. The molecule has 0 aliphatic heterocycles.